The molecule has 1 aliphatic heterocycles. The highest BCUT2D eigenvalue weighted by Gasteiger charge is 2.19. The van der Waals surface area contributed by atoms with Crippen molar-refractivity contribution in [1.29, 1.82) is 0 Å². The zero-order valence-corrected chi connectivity index (χ0v) is 18.4. The van der Waals surface area contributed by atoms with Crippen LogP contribution in [-0.4, -0.2) is 52.2 Å². The van der Waals surface area contributed by atoms with Crippen molar-refractivity contribution in [2.45, 2.75) is 19.5 Å². The van der Waals surface area contributed by atoms with Gasteiger partial charge in [0.2, 0.25) is 11.8 Å². The summed E-state index contributed by atoms with van der Waals surface area (Å²) in [4.78, 5) is 35.9. The molecule has 0 radical (unpaired) electrons. The Hall–Kier alpha value is -3.16. The summed E-state index contributed by atoms with van der Waals surface area (Å²) in [5.41, 5.74) is 3.64. The Balaban J connectivity index is 1.48. The number of aromatic nitrogens is 2. The SMILES string of the molecule is CC(c1cc2cc(Cl)ccc2[nH]1)N(C)C(=O)/C=C/c1cnc2c(c1)CN(C)CC(=O)N2. The molecule has 2 amide bonds. The van der Waals surface area contributed by atoms with Crippen LogP contribution in [0.2, 0.25) is 5.02 Å². The summed E-state index contributed by atoms with van der Waals surface area (Å²) in [6, 6.07) is 9.48. The molecule has 7 nitrogen and oxygen atoms in total. The number of likely N-dealkylation sites (N-methyl/N-ethyl adjacent to an activating group) is 2. The summed E-state index contributed by atoms with van der Waals surface area (Å²) in [5.74, 6) is 0.370. The summed E-state index contributed by atoms with van der Waals surface area (Å²) >= 11 is 6.07. The number of H-pyrrole nitrogens is 1. The molecule has 160 valence electrons. The largest absolute Gasteiger partial charge is 0.357 e. The molecule has 1 atom stereocenters. The van der Waals surface area contributed by atoms with E-state index in [2.05, 4.69) is 15.3 Å². The van der Waals surface area contributed by atoms with Crippen molar-refractivity contribution in [3.05, 3.63) is 64.4 Å². The van der Waals surface area contributed by atoms with E-state index in [0.29, 0.717) is 23.9 Å². The van der Waals surface area contributed by atoms with Crippen LogP contribution in [0.25, 0.3) is 17.0 Å². The molecule has 8 heteroatoms. The number of carbonyl (C=O) groups is 2. The number of nitrogens with one attached hydrogen (secondary N) is 2. The van der Waals surface area contributed by atoms with Crippen LogP contribution in [0, 0.1) is 0 Å². The normalized spacial score (nSPS) is 15.5. The number of rotatable bonds is 4. The van der Waals surface area contributed by atoms with Gasteiger partial charge in [0.15, 0.2) is 0 Å². The van der Waals surface area contributed by atoms with E-state index in [9.17, 15) is 9.59 Å². The number of hydrogen-bond acceptors (Lipinski definition) is 4. The van der Waals surface area contributed by atoms with Gasteiger partial charge in [0.25, 0.3) is 0 Å². The van der Waals surface area contributed by atoms with Crippen molar-refractivity contribution >= 4 is 46.2 Å². The van der Waals surface area contributed by atoms with Gasteiger partial charge in [0, 0.05) is 53.0 Å². The van der Waals surface area contributed by atoms with E-state index in [4.69, 9.17) is 11.6 Å². The average Bonchev–Trinajstić information content (AvgIpc) is 3.08. The van der Waals surface area contributed by atoms with E-state index in [1.165, 1.54) is 0 Å². The van der Waals surface area contributed by atoms with Crippen molar-refractivity contribution in [3.63, 3.8) is 0 Å². The molecule has 4 rings (SSSR count). The van der Waals surface area contributed by atoms with Gasteiger partial charge in [-0.25, -0.2) is 4.98 Å². The Labute approximate surface area is 185 Å². The molecular weight excluding hydrogens is 414 g/mol. The van der Waals surface area contributed by atoms with Crippen LogP contribution in [0.3, 0.4) is 0 Å². The van der Waals surface area contributed by atoms with Gasteiger partial charge >= 0.3 is 0 Å². The lowest BCUT2D eigenvalue weighted by Gasteiger charge is -2.22. The van der Waals surface area contributed by atoms with Crippen LogP contribution < -0.4 is 5.32 Å². The van der Waals surface area contributed by atoms with E-state index in [-0.39, 0.29) is 17.9 Å². The van der Waals surface area contributed by atoms with E-state index in [1.54, 1.807) is 30.3 Å². The van der Waals surface area contributed by atoms with Crippen LogP contribution in [0.1, 0.15) is 29.8 Å². The van der Waals surface area contributed by atoms with Gasteiger partial charge in [-0.15, -0.1) is 0 Å². The van der Waals surface area contributed by atoms with Crippen molar-refractivity contribution in [1.82, 2.24) is 19.8 Å². The van der Waals surface area contributed by atoms with Crippen LogP contribution in [-0.2, 0) is 16.1 Å². The Morgan fingerprint density at radius 2 is 2.10 bits per heavy atom. The Morgan fingerprint density at radius 1 is 1.29 bits per heavy atom. The first-order valence-electron chi connectivity index (χ1n) is 10.0. The highest BCUT2D eigenvalue weighted by atomic mass is 35.5. The number of fused-ring (bicyclic) bond motifs is 2. The number of pyridine rings is 1. The second-order valence-corrected chi connectivity index (χ2v) is 8.35. The van der Waals surface area contributed by atoms with Crippen LogP contribution in [0.4, 0.5) is 5.82 Å². The Kier molecular flexibility index (Phi) is 5.80. The van der Waals surface area contributed by atoms with Crippen molar-refractivity contribution in [2.75, 3.05) is 26.0 Å². The van der Waals surface area contributed by atoms with Crippen LogP contribution in [0.15, 0.2) is 42.6 Å². The Morgan fingerprint density at radius 3 is 2.90 bits per heavy atom. The molecule has 0 spiro atoms. The van der Waals surface area contributed by atoms with Crippen LogP contribution >= 0.6 is 11.6 Å². The van der Waals surface area contributed by atoms with E-state index in [1.807, 2.05) is 49.2 Å². The molecule has 0 fully saturated rings. The fourth-order valence-corrected chi connectivity index (χ4v) is 3.83. The molecule has 3 aromatic rings. The zero-order chi connectivity index (χ0) is 22.1. The fourth-order valence-electron chi connectivity index (χ4n) is 3.65. The maximum absolute atomic E-state index is 12.8. The van der Waals surface area contributed by atoms with E-state index in [0.717, 1.165) is 27.7 Å². The summed E-state index contributed by atoms with van der Waals surface area (Å²) < 4.78 is 0. The fraction of sp³-hybridized carbons (Fsp3) is 0.261. The van der Waals surface area contributed by atoms with Gasteiger partial charge in [-0.1, -0.05) is 11.6 Å². The van der Waals surface area contributed by atoms with E-state index < -0.39 is 0 Å². The average molecular weight is 438 g/mol. The second-order valence-electron chi connectivity index (χ2n) is 7.91. The third kappa shape index (κ3) is 4.62. The Bertz CT molecular complexity index is 1190. The topological polar surface area (TPSA) is 81.3 Å². The third-order valence-electron chi connectivity index (χ3n) is 5.50. The lowest BCUT2D eigenvalue weighted by atomic mass is 10.1. The molecule has 1 aromatic carbocycles. The molecule has 3 heterocycles. The van der Waals surface area contributed by atoms with Gasteiger partial charge in [0.05, 0.1) is 12.6 Å². The van der Waals surface area contributed by atoms with Gasteiger partial charge < -0.3 is 15.2 Å². The molecule has 31 heavy (non-hydrogen) atoms. The molecule has 1 aliphatic rings. The van der Waals surface area contributed by atoms with Crippen molar-refractivity contribution < 1.29 is 9.59 Å². The van der Waals surface area contributed by atoms with Crippen LogP contribution in [0.5, 0.6) is 0 Å². The lowest BCUT2D eigenvalue weighted by molar-refractivity contribution is -0.126. The van der Waals surface area contributed by atoms with Crippen molar-refractivity contribution in [3.8, 4) is 0 Å². The van der Waals surface area contributed by atoms with Gasteiger partial charge in [-0.3, -0.25) is 14.5 Å². The molecular formula is C23H24ClN5O2. The molecule has 2 aromatic heterocycles. The molecule has 0 bridgehead atoms. The quantitative estimate of drug-likeness (QED) is 0.608. The number of aromatic amines is 1. The first kappa shape index (κ1) is 21.1. The number of nitrogens with zero attached hydrogens (tertiary/aromatic N) is 3. The summed E-state index contributed by atoms with van der Waals surface area (Å²) in [6.45, 7) is 2.90. The van der Waals surface area contributed by atoms with Gasteiger partial charge in [0.1, 0.15) is 5.82 Å². The first-order valence-corrected chi connectivity index (χ1v) is 10.4. The highest BCUT2D eigenvalue weighted by molar-refractivity contribution is 6.31. The predicted octanol–water partition coefficient (Wildman–Crippen LogP) is 3.83. The van der Waals surface area contributed by atoms with Gasteiger partial charge in [-0.05, 0) is 55.9 Å². The molecule has 0 saturated heterocycles. The standard InChI is InChI=1S/C23H24ClN5O2/c1-14(20-10-16-9-18(24)5-6-19(16)26-20)29(3)22(31)7-4-15-8-17-12-28(2)13-21(30)27-23(17)25-11-15/h4-11,14,26H,12-13H2,1-3H3,(H,25,27,30)/b7-4+. The minimum Gasteiger partial charge on any atom is -0.357 e. The lowest BCUT2D eigenvalue weighted by Crippen LogP contribution is -2.28. The molecule has 0 saturated carbocycles. The minimum atomic E-state index is -0.141. The maximum atomic E-state index is 12.8. The first-order chi connectivity index (χ1) is 14.8. The maximum Gasteiger partial charge on any atom is 0.246 e. The molecule has 2 N–H and O–H groups in total. The third-order valence-corrected chi connectivity index (χ3v) is 5.74. The molecule has 0 aliphatic carbocycles. The van der Waals surface area contributed by atoms with Gasteiger partial charge in [-0.2, -0.15) is 0 Å². The smallest absolute Gasteiger partial charge is 0.246 e. The monoisotopic (exact) mass is 437 g/mol. The molecule has 1 unspecified atom stereocenters. The predicted molar refractivity (Wildman–Crippen MR) is 123 cm³/mol. The van der Waals surface area contributed by atoms with Crippen molar-refractivity contribution in [2.24, 2.45) is 0 Å². The summed E-state index contributed by atoms with van der Waals surface area (Å²) in [5, 5.41) is 4.50. The highest BCUT2D eigenvalue weighted by Crippen LogP contribution is 2.26. The van der Waals surface area contributed by atoms with E-state index >= 15 is 0 Å². The number of halogens is 1. The number of benzene rings is 1. The number of amides is 2. The number of hydrogen-bond donors (Lipinski definition) is 2. The number of anilines is 1. The summed E-state index contributed by atoms with van der Waals surface area (Å²) in [6.07, 6.45) is 4.94. The minimum absolute atomic E-state index is 0.0814. The zero-order valence-electron chi connectivity index (χ0n) is 17.6. The number of carbonyl (C=O) groups excluding carboxylic acids is 2. The second kappa shape index (κ2) is 8.53. The summed E-state index contributed by atoms with van der Waals surface area (Å²) in [7, 11) is 3.66.